The minimum absolute atomic E-state index is 0.0918. The molecule has 114 valence electrons. The number of rotatable bonds is 4. The van der Waals surface area contributed by atoms with Crippen LogP contribution in [0.25, 0.3) is 0 Å². The predicted octanol–water partition coefficient (Wildman–Crippen LogP) is 2.23. The topological polar surface area (TPSA) is 101 Å². The van der Waals surface area contributed by atoms with Crippen molar-refractivity contribution < 1.29 is 19.6 Å². The van der Waals surface area contributed by atoms with Gasteiger partial charge in [0, 0.05) is 24.5 Å². The molecule has 7 nitrogen and oxygen atoms in total. The number of nitrogens with zero attached hydrogens (tertiary/aromatic N) is 2. The molecule has 0 radical (unpaired) electrons. The molecule has 21 heavy (non-hydrogen) atoms. The smallest absolute Gasteiger partial charge is 0.324 e. The lowest BCUT2D eigenvalue weighted by Crippen LogP contribution is -2.40. The normalized spacial score (nSPS) is 21.8. The van der Waals surface area contributed by atoms with Crippen LogP contribution in [0, 0.1) is 21.4 Å². The van der Waals surface area contributed by atoms with Crippen molar-refractivity contribution in [3.8, 4) is 0 Å². The van der Waals surface area contributed by atoms with Crippen LogP contribution in [-0.4, -0.2) is 39.9 Å². The molecule has 1 aromatic heterocycles. The molecule has 1 aromatic rings. The number of amides is 1. The molecule has 1 aliphatic heterocycles. The van der Waals surface area contributed by atoms with Gasteiger partial charge in [-0.05, 0) is 12.3 Å². The van der Waals surface area contributed by atoms with Gasteiger partial charge < -0.3 is 10.0 Å². The van der Waals surface area contributed by atoms with Gasteiger partial charge in [-0.25, -0.2) is 0 Å². The van der Waals surface area contributed by atoms with Gasteiger partial charge in [-0.1, -0.05) is 25.2 Å². The van der Waals surface area contributed by atoms with Gasteiger partial charge in [-0.3, -0.25) is 19.7 Å². The molecule has 1 aliphatic rings. The molecule has 0 spiro atoms. The number of hydrogen-bond donors (Lipinski definition) is 1. The first-order chi connectivity index (χ1) is 9.78. The summed E-state index contributed by atoms with van der Waals surface area (Å²) in [6.45, 7) is 4.16. The summed E-state index contributed by atoms with van der Waals surface area (Å²) in [6, 6.07) is 1.24. The average molecular weight is 312 g/mol. The first-order valence-corrected chi connectivity index (χ1v) is 7.41. The van der Waals surface area contributed by atoms with E-state index in [9.17, 15) is 24.8 Å². The summed E-state index contributed by atoms with van der Waals surface area (Å²) < 4.78 is 0. The summed E-state index contributed by atoms with van der Waals surface area (Å²) in [5.41, 5.74) is -0.686. The Morgan fingerprint density at radius 1 is 1.52 bits per heavy atom. The van der Waals surface area contributed by atoms with E-state index in [1.165, 1.54) is 16.3 Å². The number of nitro groups is 1. The molecule has 1 fully saturated rings. The fourth-order valence-electron chi connectivity index (χ4n) is 2.61. The Morgan fingerprint density at radius 2 is 2.19 bits per heavy atom. The van der Waals surface area contributed by atoms with Crippen LogP contribution in [0.5, 0.6) is 0 Å². The standard InChI is InChI=1S/C13H16N2O5S/c1-8(2)13(12(17)18)3-4-14(7-13)11(16)9-5-10(15(19)20)21-6-9/h5-6,8H,3-4,7H2,1-2H3,(H,17,18). The second-order valence-electron chi connectivity index (χ2n) is 5.52. The first-order valence-electron chi connectivity index (χ1n) is 6.53. The molecule has 2 heterocycles. The van der Waals surface area contributed by atoms with Crippen molar-refractivity contribution in [2.45, 2.75) is 20.3 Å². The largest absolute Gasteiger partial charge is 0.481 e. The highest BCUT2D eigenvalue weighted by Gasteiger charge is 2.48. The Kier molecular flexibility index (Phi) is 3.99. The summed E-state index contributed by atoms with van der Waals surface area (Å²) in [4.78, 5) is 35.5. The van der Waals surface area contributed by atoms with Crippen molar-refractivity contribution in [2.75, 3.05) is 13.1 Å². The van der Waals surface area contributed by atoms with Crippen molar-refractivity contribution in [1.29, 1.82) is 0 Å². The van der Waals surface area contributed by atoms with Crippen LogP contribution in [-0.2, 0) is 4.79 Å². The number of carboxylic acid groups (broad SMARTS) is 1. The van der Waals surface area contributed by atoms with E-state index in [-0.39, 0.29) is 28.9 Å². The molecule has 1 unspecified atom stereocenters. The van der Waals surface area contributed by atoms with E-state index < -0.39 is 16.3 Å². The highest BCUT2D eigenvalue weighted by atomic mass is 32.1. The summed E-state index contributed by atoms with van der Waals surface area (Å²) in [5.74, 6) is -1.34. The van der Waals surface area contributed by atoms with Gasteiger partial charge in [0.15, 0.2) is 0 Å². The van der Waals surface area contributed by atoms with Crippen molar-refractivity contribution in [1.82, 2.24) is 4.90 Å². The molecule has 1 amide bonds. The Hall–Kier alpha value is -1.96. The summed E-state index contributed by atoms with van der Waals surface area (Å²) in [5, 5.41) is 21.5. The maximum Gasteiger partial charge on any atom is 0.324 e. The third-order valence-electron chi connectivity index (χ3n) is 4.13. The van der Waals surface area contributed by atoms with E-state index in [0.29, 0.717) is 13.0 Å². The van der Waals surface area contributed by atoms with Gasteiger partial charge in [-0.15, -0.1) is 0 Å². The quantitative estimate of drug-likeness (QED) is 0.678. The second-order valence-corrected chi connectivity index (χ2v) is 6.41. The molecule has 0 bridgehead atoms. The third kappa shape index (κ3) is 2.63. The van der Waals surface area contributed by atoms with Gasteiger partial charge in [-0.2, -0.15) is 0 Å². The van der Waals surface area contributed by atoms with Gasteiger partial charge >= 0.3 is 11.0 Å². The second kappa shape index (κ2) is 5.44. The molecule has 8 heteroatoms. The zero-order chi connectivity index (χ0) is 15.8. The number of aliphatic carboxylic acids is 1. The van der Waals surface area contributed by atoms with Crippen molar-refractivity contribution >= 4 is 28.2 Å². The van der Waals surface area contributed by atoms with E-state index in [4.69, 9.17) is 0 Å². The average Bonchev–Trinajstić information content (AvgIpc) is 3.06. The number of likely N-dealkylation sites (tertiary alicyclic amines) is 1. The number of thiophene rings is 1. The van der Waals surface area contributed by atoms with E-state index >= 15 is 0 Å². The zero-order valence-corrected chi connectivity index (χ0v) is 12.6. The third-order valence-corrected chi connectivity index (χ3v) is 5.01. The number of carboxylic acids is 1. The predicted molar refractivity (Wildman–Crippen MR) is 76.4 cm³/mol. The zero-order valence-electron chi connectivity index (χ0n) is 11.7. The lowest BCUT2D eigenvalue weighted by atomic mass is 9.76. The molecule has 1 N–H and O–H groups in total. The molecular formula is C13H16N2O5S. The lowest BCUT2D eigenvalue weighted by molar-refractivity contribution is -0.380. The fraction of sp³-hybridized carbons (Fsp3) is 0.538. The molecular weight excluding hydrogens is 296 g/mol. The van der Waals surface area contributed by atoms with Gasteiger partial charge in [0.1, 0.15) is 0 Å². The van der Waals surface area contributed by atoms with Gasteiger partial charge in [0.05, 0.1) is 15.9 Å². The molecule has 0 aliphatic carbocycles. The van der Waals surface area contributed by atoms with E-state index in [0.717, 1.165) is 11.3 Å². The summed E-state index contributed by atoms with van der Waals surface area (Å²) in [6.07, 6.45) is 0.401. The van der Waals surface area contributed by atoms with E-state index in [1.54, 1.807) is 0 Å². The Bertz CT molecular complexity index is 597. The number of carbonyl (C=O) groups is 2. The number of carbonyl (C=O) groups excluding carboxylic acids is 1. The monoisotopic (exact) mass is 312 g/mol. The van der Waals surface area contributed by atoms with Gasteiger partial charge in [0.25, 0.3) is 5.91 Å². The van der Waals surface area contributed by atoms with Crippen LogP contribution in [0.3, 0.4) is 0 Å². The minimum atomic E-state index is -0.933. The maximum atomic E-state index is 12.3. The van der Waals surface area contributed by atoms with Gasteiger partial charge in [0.2, 0.25) is 0 Å². The molecule has 1 atom stereocenters. The Labute approximate surface area is 125 Å². The molecule has 2 rings (SSSR count). The van der Waals surface area contributed by atoms with Crippen molar-refractivity contribution in [3.05, 3.63) is 27.1 Å². The summed E-state index contributed by atoms with van der Waals surface area (Å²) >= 11 is 0.894. The van der Waals surface area contributed by atoms with Crippen molar-refractivity contribution in [2.24, 2.45) is 11.3 Å². The highest BCUT2D eigenvalue weighted by Crippen LogP contribution is 2.39. The van der Waals surface area contributed by atoms with Crippen molar-refractivity contribution in [3.63, 3.8) is 0 Å². The summed E-state index contributed by atoms with van der Waals surface area (Å²) in [7, 11) is 0. The maximum absolute atomic E-state index is 12.3. The molecule has 0 saturated carbocycles. The highest BCUT2D eigenvalue weighted by molar-refractivity contribution is 7.13. The Morgan fingerprint density at radius 3 is 2.62 bits per heavy atom. The van der Waals surface area contributed by atoms with Crippen LogP contribution in [0.15, 0.2) is 11.4 Å². The van der Waals surface area contributed by atoms with Crippen LogP contribution in [0.1, 0.15) is 30.6 Å². The lowest BCUT2D eigenvalue weighted by Gasteiger charge is -2.28. The van der Waals surface area contributed by atoms with Crippen LogP contribution < -0.4 is 0 Å². The number of hydrogen-bond acceptors (Lipinski definition) is 5. The molecule has 1 saturated heterocycles. The molecule has 0 aromatic carbocycles. The van der Waals surface area contributed by atoms with E-state index in [1.807, 2.05) is 13.8 Å². The minimum Gasteiger partial charge on any atom is -0.481 e. The Balaban J connectivity index is 2.18. The van der Waals surface area contributed by atoms with E-state index in [2.05, 4.69) is 0 Å². The fourth-order valence-corrected chi connectivity index (χ4v) is 3.31. The van der Waals surface area contributed by atoms with Crippen LogP contribution in [0.4, 0.5) is 5.00 Å². The first kappa shape index (κ1) is 15.4. The van der Waals surface area contributed by atoms with Crippen LogP contribution in [0.2, 0.25) is 0 Å². The SMILES string of the molecule is CC(C)C1(C(=O)O)CCN(C(=O)c2csc([N+](=O)[O-])c2)C1. The van der Waals surface area contributed by atoms with Crippen LogP contribution >= 0.6 is 11.3 Å².